The standard InChI is InChI=1S/C24H20N4O5S/c29-16-10-6-14(7-11-16)19-20-17(2-1-3-18(20)30)25-22-21(19)23(31)27-24(26-22)34-12-13-4-8-15(9-5-13)28(32)33/h2,4-11,19-20,29H,1,3,12H2,(H2,25,26,27,31)/t19-,20-/m0/s1. The number of thioether (sulfide) groups is 1. The fourth-order valence-corrected chi connectivity index (χ4v) is 5.26. The molecule has 3 N–H and O–H groups in total. The van der Waals surface area contributed by atoms with E-state index in [1.54, 1.807) is 36.4 Å². The average Bonchev–Trinajstić information content (AvgIpc) is 2.82. The summed E-state index contributed by atoms with van der Waals surface area (Å²) < 4.78 is 0. The number of aromatic hydroxyl groups is 1. The highest BCUT2D eigenvalue weighted by atomic mass is 32.2. The van der Waals surface area contributed by atoms with Gasteiger partial charge < -0.3 is 15.4 Å². The summed E-state index contributed by atoms with van der Waals surface area (Å²) in [5.74, 6) is 0.0158. The Kier molecular flexibility index (Phi) is 5.66. The minimum absolute atomic E-state index is 0.0170. The zero-order chi connectivity index (χ0) is 23.8. The van der Waals surface area contributed by atoms with E-state index in [0.717, 1.165) is 16.8 Å². The number of benzene rings is 2. The summed E-state index contributed by atoms with van der Waals surface area (Å²) in [4.78, 5) is 44.0. The number of allylic oxidation sites excluding steroid dienone is 2. The lowest BCUT2D eigenvalue weighted by atomic mass is 9.72. The number of anilines is 1. The number of hydrogen-bond acceptors (Lipinski definition) is 8. The first-order valence-electron chi connectivity index (χ1n) is 10.7. The van der Waals surface area contributed by atoms with E-state index in [1.165, 1.54) is 23.9 Å². The average molecular weight is 477 g/mol. The highest BCUT2D eigenvalue weighted by Gasteiger charge is 2.42. The molecule has 3 aromatic rings. The van der Waals surface area contributed by atoms with Gasteiger partial charge in [-0.1, -0.05) is 42.1 Å². The Morgan fingerprint density at radius 3 is 2.53 bits per heavy atom. The predicted molar refractivity (Wildman–Crippen MR) is 127 cm³/mol. The number of aromatic amines is 1. The molecule has 0 saturated carbocycles. The number of H-pyrrole nitrogens is 1. The van der Waals surface area contributed by atoms with Crippen molar-refractivity contribution in [3.63, 3.8) is 0 Å². The van der Waals surface area contributed by atoms with E-state index in [1.807, 2.05) is 6.08 Å². The smallest absolute Gasteiger partial charge is 0.269 e. The summed E-state index contributed by atoms with van der Waals surface area (Å²) in [7, 11) is 0. The number of fused-ring (bicyclic) bond motifs is 2. The molecule has 1 aliphatic carbocycles. The molecule has 1 aliphatic heterocycles. The first-order chi connectivity index (χ1) is 16.4. The molecule has 0 amide bonds. The molecule has 0 radical (unpaired) electrons. The number of hydrogen-bond donors (Lipinski definition) is 3. The van der Waals surface area contributed by atoms with Gasteiger partial charge in [0.2, 0.25) is 0 Å². The largest absolute Gasteiger partial charge is 0.508 e. The maximum Gasteiger partial charge on any atom is 0.269 e. The molecule has 0 bridgehead atoms. The molecule has 34 heavy (non-hydrogen) atoms. The molecule has 1 aromatic heterocycles. The van der Waals surface area contributed by atoms with Crippen LogP contribution in [0.2, 0.25) is 0 Å². The molecule has 2 heterocycles. The summed E-state index contributed by atoms with van der Waals surface area (Å²) in [6.07, 6.45) is 3.02. The van der Waals surface area contributed by atoms with E-state index in [2.05, 4.69) is 15.3 Å². The van der Waals surface area contributed by atoms with Gasteiger partial charge in [0.05, 0.1) is 16.4 Å². The molecular weight excluding hydrogens is 456 g/mol. The normalized spacial score (nSPS) is 18.9. The van der Waals surface area contributed by atoms with Crippen molar-refractivity contribution in [1.29, 1.82) is 0 Å². The third-order valence-corrected chi connectivity index (χ3v) is 7.00. The lowest BCUT2D eigenvalue weighted by Crippen LogP contribution is -2.38. The molecule has 5 rings (SSSR count). The number of phenols is 1. The Balaban J connectivity index is 1.50. The van der Waals surface area contributed by atoms with Crippen molar-refractivity contribution < 1.29 is 14.8 Å². The van der Waals surface area contributed by atoms with Crippen LogP contribution < -0.4 is 10.9 Å². The van der Waals surface area contributed by atoms with E-state index in [9.17, 15) is 24.8 Å². The van der Waals surface area contributed by atoms with Crippen molar-refractivity contribution >= 4 is 29.1 Å². The van der Waals surface area contributed by atoms with Crippen LogP contribution in [0.4, 0.5) is 11.5 Å². The minimum Gasteiger partial charge on any atom is -0.508 e. The Bertz CT molecular complexity index is 1370. The number of aromatic nitrogens is 2. The Morgan fingerprint density at radius 2 is 1.82 bits per heavy atom. The number of nitro groups is 1. The Labute approximate surface area is 198 Å². The number of phenolic OH excluding ortho intramolecular Hbond substituents is 1. The van der Waals surface area contributed by atoms with Crippen molar-refractivity contribution in [2.75, 3.05) is 5.32 Å². The first-order valence-corrected chi connectivity index (χ1v) is 11.7. The fourth-order valence-electron chi connectivity index (χ4n) is 4.44. The zero-order valence-electron chi connectivity index (χ0n) is 17.9. The molecule has 0 fully saturated rings. The second kappa shape index (κ2) is 8.79. The van der Waals surface area contributed by atoms with Crippen LogP contribution in [0.1, 0.15) is 35.4 Å². The van der Waals surface area contributed by atoms with Gasteiger partial charge >= 0.3 is 0 Å². The molecule has 10 heteroatoms. The molecule has 172 valence electrons. The van der Waals surface area contributed by atoms with Gasteiger partial charge in [0.15, 0.2) is 5.16 Å². The number of Topliss-reactive ketones (excluding diaryl/α,β-unsaturated/α-hetero) is 1. The van der Waals surface area contributed by atoms with Crippen molar-refractivity contribution in [3.8, 4) is 5.75 Å². The Morgan fingerprint density at radius 1 is 1.09 bits per heavy atom. The number of nitro benzene ring substituents is 1. The maximum absolute atomic E-state index is 13.2. The van der Waals surface area contributed by atoms with Gasteiger partial charge in [-0.15, -0.1) is 0 Å². The van der Waals surface area contributed by atoms with Gasteiger partial charge in [0, 0.05) is 35.9 Å². The van der Waals surface area contributed by atoms with Crippen LogP contribution in [0.5, 0.6) is 5.75 Å². The molecule has 2 aliphatic rings. The van der Waals surface area contributed by atoms with Gasteiger partial charge in [-0.25, -0.2) is 4.98 Å². The summed E-state index contributed by atoms with van der Waals surface area (Å²) in [5.41, 5.74) is 2.42. The van der Waals surface area contributed by atoms with Crippen LogP contribution in [-0.4, -0.2) is 25.8 Å². The van der Waals surface area contributed by atoms with Crippen LogP contribution in [0.15, 0.2) is 70.3 Å². The van der Waals surface area contributed by atoms with Gasteiger partial charge in [-0.3, -0.25) is 19.7 Å². The number of non-ortho nitro benzene ring substituents is 1. The van der Waals surface area contributed by atoms with Crippen molar-refractivity contribution in [2.45, 2.75) is 29.7 Å². The van der Waals surface area contributed by atoms with Gasteiger partial charge in [-0.05, 0) is 29.7 Å². The molecule has 2 atom stereocenters. The van der Waals surface area contributed by atoms with Crippen molar-refractivity contribution in [1.82, 2.24) is 9.97 Å². The van der Waals surface area contributed by atoms with Crippen LogP contribution >= 0.6 is 11.8 Å². The lowest BCUT2D eigenvalue weighted by Gasteiger charge is -2.36. The molecule has 0 saturated heterocycles. The van der Waals surface area contributed by atoms with Crippen molar-refractivity contribution in [2.24, 2.45) is 5.92 Å². The second-order valence-electron chi connectivity index (χ2n) is 8.18. The van der Waals surface area contributed by atoms with Crippen molar-refractivity contribution in [3.05, 3.63) is 97.5 Å². The molecule has 9 nitrogen and oxygen atoms in total. The van der Waals surface area contributed by atoms with E-state index < -0.39 is 16.8 Å². The highest BCUT2D eigenvalue weighted by molar-refractivity contribution is 7.98. The number of ketones is 1. The fraction of sp³-hybridized carbons (Fsp3) is 0.208. The molecule has 0 spiro atoms. The number of carbonyl (C=O) groups is 1. The number of nitrogens with one attached hydrogen (secondary N) is 2. The number of carbonyl (C=O) groups excluding carboxylic acids is 1. The third kappa shape index (κ3) is 4.08. The van der Waals surface area contributed by atoms with Crippen LogP contribution in [0, 0.1) is 16.0 Å². The van der Waals surface area contributed by atoms with E-state index in [4.69, 9.17) is 0 Å². The SMILES string of the molecule is O=C1CCC=C2Nc3nc(SCc4ccc([N+](=O)[O-])cc4)[nH]c(=O)c3[C@@H](c3ccc(O)cc3)[C@H]12. The quantitative estimate of drug-likeness (QED) is 0.217. The van der Waals surface area contributed by atoms with E-state index in [-0.39, 0.29) is 22.8 Å². The Hall–Kier alpha value is -3.92. The molecule has 0 unspecified atom stereocenters. The summed E-state index contributed by atoms with van der Waals surface area (Å²) >= 11 is 1.31. The second-order valence-corrected chi connectivity index (χ2v) is 9.15. The third-order valence-electron chi connectivity index (χ3n) is 6.05. The van der Waals surface area contributed by atoms with E-state index in [0.29, 0.717) is 35.1 Å². The first kappa shape index (κ1) is 21.9. The maximum atomic E-state index is 13.2. The topological polar surface area (TPSA) is 138 Å². The van der Waals surface area contributed by atoms with Crippen LogP contribution in [0.25, 0.3) is 0 Å². The zero-order valence-corrected chi connectivity index (χ0v) is 18.7. The minimum atomic E-state index is -0.513. The van der Waals surface area contributed by atoms with E-state index >= 15 is 0 Å². The molecular formula is C24H20N4O5S. The van der Waals surface area contributed by atoms with Gasteiger partial charge in [0.25, 0.3) is 11.2 Å². The summed E-state index contributed by atoms with van der Waals surface area (Å²) in [5, 5.41) is 24.2. The lowest BCUT2D eigenvalue weighted by molar-refractivity contribution is -0.384. The summed E-state index contributed by atoms with van der Waals surface area (Å²) in [6, 6.07) is 12.8. The van der Waals surface area contributed by atoms with Gasteiger partial charge in [0.1, 0.15) is 17.4 Å². The van der Waals surface area contributed by atoms with Gasteiger partial charge in [-0.2, -0.15) is 0 Å². The monoisotopic (exact) mass is 476 g/mol. The number of rotatable bonds is 5. The van der Waals surface area contributed by atoms with Crippen LogP contribution in [0.3, 0.4) is 0 Å². The highest BCUT2D eigenvalue weighted by Crippen LogP contribution is 2.45. The number of nitrogens with zero attached hydrogens (tertiary/aromatic N) is 2. The molecule has 2 aromatic carbocycles. The summed E-state index contributed by atoms with van der Waals surface area (Å²) in [6.45, 7) is 0. The predicted octanol–water partition coefficient (Wildman–Crippen LogP) is 4.10. The van der Waals surface area contributed by atoms with Crippen LogP contribution in [-0.2, 0) is 10.5 Å².